The van der Waals surface area contributed by atoms with E-state index in [4.69, 9.17) is 0 Å². The summed E-state index contributed by atoms with van der Waals surface area (Å²) in [6, 6.07) is 1.19. The predicted molar refractivity (Wildman–Crippen MR) is 28.1 cm³/mol. The zero-order valence-corrected chi connectivity index (χ0v) is 5.59. The van der Waals surface area contributed by atoms with Gasteiger partial charge in [0.2, 0.25) is 0 Å². The van der Waals surface area contributed by atoms with Crippen LogP contribution in [0.3, 0.4) is 0 Å². The summed E-state index contributed by atoms with van der Waals surface area (Å²) in [4.78, 5) is 0. The van der Waals surface area contributed by atoms with Crippen molar-refractivity contribution in [2.24, 2.45) is 9.53 Å². The Bertz CT molecular complexity index is 117. The molecule has 0 fully saturated rings. The molecular formula is CF4N2P2. The molecule has 0 saturated carbocycles. The van der Waals surface area contributed by atoms with E-state index in [-0.39, 0.29) is 0 Å². The van der Waals surface area contributed by atoms with Gasteiger partial charge in [-0.05, 0) is 0 Å². The maximum atomic E-state index is 11.0. The molecular weight excluding hydrogens is 178 g/mol. The maximum Gasteiger partial charge on any atom is 0.402 e. The highest BCUT2D eigenvalue weighted by molar-refractivity contribution is 7.45. The normalized spacial score (nSPS) is 9.56. The van der Waals surface area contributed by atoms with Gasteiger partial charge in [-0.1, -0.05) is 0 Å². The maximum absolute atomic E-state index is 11.0. The average Bonchev–Trinajstić information content (AvgIpc) is 1.63. The van der Waals surface area contributed by atoms with Gasteiger partial charge in [-0.25, -0.2) is 0 Å². The Hall–Kier alpha value is -0.0400. The second-order valence-electron chi connectivity index (χ2n) is 0.730. The van der Waals surface area contributed by atoms with E-state index < -0.39 is 17.4 Å². The van der Waals surface area contributed by atoms with Gasteiger partial charge in [0.1, 0.15) is 6.01 Å². The Morgan fingerprint density at radius 1 is 0.889 bits per heavy atom. The van der Waals surface area contributed by atoms with E-state index in [1.165, 1.54) is 6.01 Å². The molecule has 0 unspecified atom stereocenters. The Kier molecular flexibility index (Phi) is 4.78. The lowest BCUT2D eigenvalue weighted by Crippen LogP contribution is -1.46. The molecule has 0 aromatic heterocycles. The minimum atomic E-state index is -3.53. The van der Waals surface area contributed by atoms with Crippen molar-refractivity contribution in [2.45, 2.75) is 0 Å². The quantitative estimate of drug-likeness (QED) is 0.351. The summed E-state index contributed by atoms with van der Waals surface area (Å²) >= 11 is 0. The van der Waals surface area contributed by atoms with E-state index in [1.807, 2.05) is 0 Å². The lowest BCUT2D eigenvalue weighted by atomic mass is 11.6. The molecule has 0 radical (unpaired) electrons. The Balaban J connectivity index is 3.67. The van der Waals surface area contributed by atoms with Gasteiger partial charge in [-0.3, -0.25) is 0 Å². The van der Waals surface area contributed by atoms with Crippen molar-refractivity contribution in [1.82, 2.24) is 0 Å². The summed E-state index contributed by atoms with van der Waals surface area (Å²) in [6.07, 6.45) is 0. The first-order valence-electron chi connectivity index (χ1n) is 1.52. The summed E-state index contributed by atoms with van der Waals surface area (Å²) in [5, 5.41) is 0. The molecule has 0 N–H and O–H groups in total. The van der Waals surface area contributed by atoms with Crippen LogP contribution in [0.15, 0.2) is 9.53 Å². The SMILES string of the molecule is FP(F)N=C=NP(F)F. The third-order valence-corrected chi connectivity index (χ3v) is 0.722. The predicted octanol–water partition coefficient (Wildman–Crippen LogP) is 3.49. The highest BCUT2D eigenvalue weighted by Gasteiger charge is 1.98. The van der Waals surface area contributed by atoms with Crippen LogP contribution in [-0.2, 0) is 0 Å². The molecule has 0 aliphatic carbocycles. The topological polar surface area (TPSA) is 24.7 Å². The van der Waals surface area contributed by atoms with Gasteiger partial charge in [-0.2, -0.15) is 16.8 Å². The highest BCUT2D eigenvalue weighted by Crippen LogP contribution is 2.41. The van der Waals surface area contributed by atoms with E-state index in [1.54, 1.807) is 0 Å². The first-order chi connectivity index (χ1) is 4.13. The molecule has 0 heterocycles. The number of hydrogen-bond acceptors (Lipinski definition) is 2. The first-order valence-corrected chi connectivity index (χ1v) is 3.68. The van der Waals surface area contributed by atoms with Crippen LogP contribution in [-0.4, -0.2) is 6.01 Å². The van der Waals surface area contributed by atoms with Crippen LogP contribution < -0.4 is 0 Å². The van der Waals surface area contributed by atoms with Gasteiger partial charge in [0.25, 0.3) is 0 Å². The van der Waals surface area contributed by atoms with E-state index in [9.17, 15) is 16.8 Å². The molecule has 8 heteroatoms. The monoisotopic (exact) mass is 178 g/mol. The number of hydrogen-bond donors (Lipinski definition) is 0. The van der Waals surface area contributed by atoms with Crippen LogP contribution in [0.25, 0.3) is 0 Å². The van der Waals surface area contributed by atoms with Crippen LogP contribution >= 0.6 is 17.4 Å². The molecule has 0 amide bonds. The molecule has 52 valence electrons. The first kappa shape index (κ1) is 8.96. The summed E-state index contributed by atoms with van der Waals surface area (Å²) in [7, 11) is -7.07. The fourth-order valence-electron chi connectivity index (χ4n) is 0.0876. The van der Waals surface area contributed by atoms with Crippen molar-refractivity contribution in [3.8, 4) is 0 Å². The lowest BCUT2D eigenvalue weighted by Gasteiger charge is -1.76. The van der Waals surface area contributed by atoms with Crippen molar-refractivity contribution in [3.05, 3.63) is 0 Å². The number of nitrogens with zero attached hydrogens (tertiary/aromatic N) is 2. The average molecular weight is 178 g/mol. The van der Waals surface area contributed by atoms with E-state index in [0.717, 1.165) is 0 Å². The zero-order chi connectivity index (χ0) is 7.28. The Labute approximate surface area is 50.8 Å². The molecule has 0 aliphatic heterocycles. The lowest BCUT2D eigenvalue weighted by molar-refractivity contribution is 0.746. The standard InChI is InChI=1S/CF4N2P2/c2-8(3)6-1-7-9(4)5. The molecule has 0 rings (SSSR count). The highest BCUT2D eigenvalue weighted by atomic mass is 31.2. The zero-order valence-electron chi connectivity index (χ0n) is 3.80. The molecule has 0 spiro atoms. The van der Waals surface area contributed by atoms with E-state index >= 15 is 0 Å². The van der Waals surface area contributed by atoms with Gasteiger partial charge in [-0.15, -0.1) is 9.53 Å². The summed E-state index contributed by atoms with van der Waals surface area (Å²) in [5.41, 5.74) is 0. The van der Waals surface area contributed by atoms with E-state index in [2.05, 4.69) is 9.53 Å². The molecule has 2 nitrogen and oxygen atoms in total. The van der Waals surface area contributed by atoms with Crippen LogP contribution in [0.5, 0.6) is 0 Å². The van der Waals surface area contributed by atoms with Gasteiger partial charge < -0.3 is 0 Å². The van der Waals surface area contributed by atoms with Crippen LogP contribution in [0.1, 0.15) is 0 Å². The fraction of sp³-hybridized carbons (Fsp3) is 0. The minimum absolute atomic E-state index is 1.19. The van der Waals surface area contributed by atoms with Crippen LogP contribution in [0.4, 0.5) is 16.8 Å². The smallest absolute Gasteiger partial charge is 0.160 e. The minimum Gasteiger partial charge on any atom is -0.160 e. The number of halogens is 4. The summed E-state index contributed by atoms with van der Waals surface area (Å²) in [6.45, 7) is 0. The Morgan fingerprint density at radius 3 is 1.44 bits per heavy atom. The molecule has 0 aromatic rings. The second-order valence-corrected chi connectivity index (χ2v) is 1.99. The van der Waals surface area contributed by atoms with Crippen molar-refractivity contribution >= 4 is 23.4 Å². The molecule has 0 aliphatic rings. The largest absolute Gasteiger partial charge is 0.402 e. The fourth-order valence-corrected chi connectivity index (χ4v) is 0.383. The molecule has 0 bridgehead atoms. The molecule has 9 heavy (non-hydrogen) atoms. The van der Waals surface area contributed by atoms with Gasteiger partial charge in [0.05, 0.1) is 0 Å². The van der Waals surface area contributed by atoms with Gasteiger partial charge in [0.15, 0.2) is 0 Å². The molecule has 0 atom stereocenters. The summed E-state index contributed by atoms with van der Waals surface area (Å²) in [5.74, 6) is 0. The van der Waals surface area contributed by atoms with Crippen molar-refractivity contribution in [2.75, 3.05) is 0 Å². The molecule has 0 aromatic carbocycles. The van der Waals surface area contributed by atoms with Crippen molar-refractivity contribution < 1.29 is 16.8 Å². The third-order valence-electron chi connectivity index (χ3n) is 0.241. The molecule has 0 saturated heterocycles. The second kappa shape index (κ2) is 4.80. The third kappa shape index (κ3) is 7.96. The van der Waals surface area contributed by atoms with Crippen molar-refractivity contribution in [3.63, 3.8) is 0 Å². The Morgan fingerprint density at radius 2 is 1.22 bits per heavy atom. The van der Waals surface area contributed by atoms with Crippen LogP contribution in [0.2, 0.25) is 0 Å². The van der Waals surface area contributed by atoms with Gasteiger partial charge in [0, 0.05) is 0 Å². The summed E-state index contributed by atoms with van der Waals surface area (Å²) < 4.78 is 48.5. The van der Waals surface area contributed by atoms with Crippen LogP contribution in [0, 0.1) is 0 Å². The van der Waals surface area contributed by atoms with E-state index in [0.29, 0.717) is 0 Å². The van der Waals surface area contributed by atoms with Crippen molar-refractivity contribution in [1.29, 1.82) is 0 Å². The number of rotatable bonds is 2. The van der Waals surface area contributed by atoms with Gasteiger partial charge >= 0.3 is 17.4 Å².